The number of benzene rings is 6. The van der Waals surface area contributed by atoms with Crippen molar-refractivity contribution in [3.8, 4) is 0 Å². The lowest BCUT2D eigenvalue weighted by Crippen LogP contribution is -2.62. The minimum Gasteiger partial charge on any atom is -0.334 e. The molecule has 2 unspecified atom stereocenters. The number of hydrogen-bond acceptors (Lipinski definition) is 3. The average molecular weight is 842 g/mol. The minimum absolute atomic E-state index is 0.0124. The fraction of sp³-hybridized carbons (Fsp3) is 0.400. The summed E-state index contributed by atoms with van der Waals surface area (Å²) in [6, 6.07) is 46.0. The summed E-state index contributed by atoms with van der Waals surface area (Å²) < 4.78 is 0. The number of anilines is 8. The molecule has 3 aliphatic heterocycles. The maximum absolute atomic E-state index is 2.79. The summed E-state index contributed by atoms with van der Waals surface area (Å²) in [7, 11) is 0. The van der Waals surface area contributed by atoms with E-state index in [9.17, 15) is 0 Å². The Morgan fingerprint density at radius 3 is 1.67 bits per heavy atom. The molecular weight excluding hydrogens is 773 g/mol. The quantitative estimate of drug-likeness (QED) is 0.164. The number of aryl methyl sites for hydroxylation is 1. The van der Waals surface area contributed by atoms with Crippen LogP contribution in [0.2, 0.25) is 0 Å². The molecule has 2 atom stereocenters. The first kappa shape index (κ1) is 41.5. The zero-order valence-electron chi connectivity index (χ0n) is 40.9. The Hall–Kier alpha value is -5.22. The molecule has 0 amide bonds. The second-order valence-corrected chi connectivity index (χ2v) is 24.2. The maximum atomic E-state index is 2.79. The molecule has 0 saturated heterocycles. The van der Waals surface area contributed by atoms with Gasteiger partial charge in [0.15, 0.2) is 0 Å². The van der Waals surface area contributed by atoms with Gasteiger partial charge in [-0.05, 0) is 160 Å². The highest BCUT2D eigenvalue weighted by Gasteiger charge is 2.60. The molecule has 2 aliphatic carbocycles. The third-order valence-corrected chi connectivity index (χ3v) is 17.2. The first-order valence-corrected chi connectivity index (χ1v) is 24.3. The van der Waals surface area contributed by atoms with Gasteiger partial charge in [-0.15, -0.1) is 0 Å². The number of hydrogen-bond donors (Lipinski definition) is 0. The highest BCUT2D eigenvalue weighted by molar-refractivity contribution is 7.00. The van der Waals surface area contributed by atoms with Gasteiger partial charge in [-0.3, -0.25) is 0 Å². The molecule has 326 valence electrons. The van der Waals surface area contributed by atoms with Crippen LogP contribution < -0.4 is 31.1 Å². The monoisotopic (exact) mass is 842 g/mol. The third-order valence-electron chi connectivity index (χ3n) is 17.2. The smallest absolute Gasteiger partial charge is 0.252 e. The predicted molar refractivity (Wildman–Crippen MR) is 276 cm³/mol. The molecule has 1 fully saturated rings. The molecule has 64 heavy (non-hydrogen) atoms. The fourth-order valence-corrected chi connectivity index (χ4v) is 13.0. The van der Waals surface area contributed by atoms with Crippen LogP contribution in [-0.2, 0) is 27.1 Å². The van der Waals surface area contributed by atoms with E-state index in [-0.39, 0.29) is 39.3 Å². The topological polar surface area (TPSA) is 9.72 Å². The SMILES string of the molecule is Cc1ccc2c(c1)C1(C)CCCC1(C)N2c1cc2c3c(c1)N(c1ccccc1)c1cc4c(cc1B3c1cc(C(C)(C)C)ccc1N2c1ccc(C(C)(C)C)cc1)C(C)(C)CCC4(C)C. The third kappa shape index (κ3) is 5.78. The fourth-order valence-electron chi connectivity index (χ4n) is 13.0. The van der Waals surface area contributed by atoms with Crippen LogP contribution >= 0.6 is 0 Å². The van der Waals surface area contributed by atoms with Gasteiger partial charge in [0.2, 0.25) is 0 Å². The second-order valence-electron chi connectivity index (χ2n) is 24.2. The summed E-state index contributed by atoms with van der Waals surface area (Å²) in [6.07, 6.45) is 5.95. The minimum atomic E-state index is -0.0737. The molecule has 0 radical (unpaired) electrons. The molecule has 11 rings (SSSR count). The Kier molecular flexibility index (Phi) is 8.71. The van der Waals surface area contributed by atoms with Gasteiger partial charge in [0.05, 0.1) is 5.54 Å². The summed E-state index contributed by atoms with van der Waals surface area (Å²) in [5.74, 6) is 0. The van der Waals surface area contributed by atoms with Crippen molar-refractivity contribution in [2.75, 3.05) is 14.7 Å². The van der Waals surface area contributed by atoms with Crippen LogP contribution in [-0.4, -0.2) is 12.3 Å². The first-order valence-electron chi connectivity index (χ1n) is 24.3. The molecule has 0 spiro atoms. The van der Waals surface area contributed by atoms with Crippen molar-refractivity contribution in [1.82, 2.24) is 0 Å². The molecule has 5 aliphatic rings. The van der Waals surface area contributed by atoms with E-state index in [1.807, 2.05) is 0 Å². The second kappa shape index (κ2) is 13.4. The van der Waals surface area contributed by atoms with E-state index in [1.54, 1.807) is 0 Å². The largest absolute Gasteiger partial charge is 0.334 e. The molecule has 1 saturated carbocycles. The van der Waals surface area contributed by atoms with E-state index < -0.39 is 0 Å². The van der Waals surface area contributed by atoms with E-state index in [0.29, 0.717) is 0 Å². The molecule has 4 heteroatoms. The Bertz CT molecular complexity index is 2890. The van der Waals surface area contributed by atoms with Crippen LogP contribution in [0.5, 0.6) is 0 Å². The summed E-state index contributed by atoms with van der Waals surface area (Å²) in [5.41, 5.74) is 23.2. The zero-order valence-corrected chi connectivity index (χ0v) is 40.9. The van der Waals surface area contributed by atoms with Crippen molar-refractivity contribution in [2.45, 2.75) is 155 Å². The van der Waals surface area contributed by atoms with E-state index in [0.717, 1.165) is 6.42 Å². The zero-order chi connectivity index (χ0) is 45.1. The van der Waals surface area contributed by atoms with Crippen LogP contribution in [0.3, 0.4) is 0 Å². The van der Waals surface area contributed by atoms with Gasteiger partial charge >= 0.3 is 0 Å². The molecule has 3 heterocycles. The van der Waals surface area contributed by atoms with Crippen LogP contribution in [0, 0.1) is 6.92 Å². The number of fused-ring (bicyclic) bond motifs is 8. The summed E-state index contributed by atoms with van der Waals surface area (Å²) >= 11 is 0. The molecule has 0 bridgehead atoms. The molecular formula is C60H68BN3. The van der Waals surface area contributed by atoms with Crippen molar-refractivity contribution >= 4 is 68.6 Å². The van der Waals surface area contributed by atoms with Crippen LogP contribution in [0.1, 0.15) is 149 Å². The molecule has 3 nitrogen and oxygen atoms in total. The van der Waals surface area contributed by atoms with Gasteiger partial charge in [0.1, 0.15) is 0 Å². The van der Waals surface area contributed by atoms with Gasteiger partial charge in [0.25, 0.3) is 6.71 Å². The standard InChI is InChI=1S/C60H68BN3/c1-38-20-26-49-46(32-38)59(12)28-17-29-60(59,13)64(49)43-34-52-54-53(35-43)63(41-18-15-14-16-19-41)51-37-45-44(57(8,9)30-31-58(45,10)11)36-48(51)61(54)47-33-40(56(5,6)7)23-27-50(47)62(52)42-24-21-39(22-25-42)55(2,3)4/h14-16,18-27,32-37H,17,28-31H2,1-13H3. The normalized spacial score (nSPS) is 22.4. The van der Waals surface area contributed by atoms with Crippen molar-refractivity contribution in [2.24, 2.45) is 0 Å². The van der Waals surface area contributed by atoms with E-state index >= 15 is 0 Å². The van der Waals surface area contributed by atoms with Crippen molar-refractivity contribution in [1.29, 1.82) is 0 Å². The van der Waals surface area contributed by atoms with Crippen LogP contribution in [0.4, 0.5) is 45.5 Å². The van der Waals surface area contributed by atoms with Crippen molar-refractivity contribution in [3.05, 3.63) is 149 Å². The van der Waals surface area contributed by atoms with Crippen LogP contribution in [0.15, 0.2) is 115 Å². The Morgan fingerprint density at radius 2 is 1.03 bits per heavy atom. The number of rotatable bonds is 3. The Labute approximate surface area is 385 Å². The van der Waals surface area contributed by atoms with Crippen LogP contribution in [0.25, 0.3) is 0 Å². The molecule has 6 aromatic carbocycles. The van der Waals surface area contributed by atoms with Crippen molar-refractivity contribution < 1.29 is 0 Å². The summed E-state index contributed by atoms with van der Waals surface area (Å²) in [6.45, 7) is 31.4. The van der Waals surface area contributed by atoms with Gasteiger partial charge in [0, 0.05) is 50.9 Å². The molecule has 0 N–H and O–H groups in total. The molecule has 0 aromatic heterocycles. The molecule has 6 aromatic rings. The van der Waals surface area contributed by atoms with Crippen molar-refractivity contribution in [3.63, 3.8) is 0 Å². The highest BCUT2D eigenvalue weighted by atomic mass is 15.3. The lowest BCUT2D eigenvalue weighted by molar-refractivity contribution is 0.330. The Balaban J connectivity index is 1.28. The van der Waals surface area contributed by atoms with Gasteiger partial charge in [-0.2, -0.15) is 0 Å². The van der Waals surface area contributed by atoms with Gasteiger partial charge in [-0.1, -0.05) is 149 Å². The first-order chi connectivity index (χ1) is 30.1. The highest BCUT2D eigenvalue weighted by Crippen LogP contribution is 2.63. The Morgan fingerprint density at radius 1 is 0.469 bits per heavy atom. The summed E-state index contributed by atoms with van der Waals surface area (Å²) in [4.78, 5) is 8.08. The lowest BCUT2D eigenvalue weighted by Gasteiger charge is -2.48. The summed E-state index contributed by atoms with van der Waals surface area (Å²) in [5, 5.41) is 0. The average Bonchev–Trinajstić information content (AvgIpc) is 3.65. The van der Waals surface area contributed by atoms with E-state index in [2.05, 4.69) is 220 Å². The van der Waals surface area contributed by atoms with Gasteiger partial charge in [-0.25, -0.2) is 0 Å². The van der Waals surface area contributed by atoms with E-state index in [1.165, 1.54) is 121 Å². The number of para-hydroxylation sites is 1. The predicted octanol–water partition coefficient (Wildman–Crippen LogP) is 14.4. The number of nitrogens with zero attached hydrogens (tertiary/aromatic N) is 3. The maximum Gasteiger partial charge on any atom is 0.252 e. The van der Waals surface area contributed by atoms with Gasteiger partial charge < -0.3 is 14.7 Å². The van der Waals surface area contributed by atoms with E-state index in [4.69, 9.17) is 0 Å². The lowest BCUT2D eigenvalue weighted by atomic mass is 9.33.